The van der Waals surface area contributed by atoms with Crippen LogP contribution in [0.25, 0.3) is 0 Å². The van der Waals surface area contributed by atoms with E-state index in [1.54, 1.807) is 6.07 Å². The molecule has 0 bridgehead atoms. The molecule has 3 N–H and O–H groups in total. The highest BCUT2D eigenvalue weighted by Crippen LogP contribution is 2.30. The number of β-amino-alcohol motifs (C(OH)–C–C–N with tert-alkyl or cyclic N) is 1. The second-order valence-corrected chi connectivity index (χ2v) is 5.31. The number of nitrogens with zero attached hydrogens (tertiary/aromatic N) is 1. The number of nitrogens with one attached hydrogen (secondary N) is 1. The van der Waals surface area contributed by atoms with Crippen molar-refractivity contribution in [3.63, 3.8) is 0 Å². The van der Waals surface area contributed by atoms with Crippen LogP contribution in [0.2, 0.25) is 0 Å². The van der Waals surface area contributed by atoms with E-state index < -0.39 is 0 Å². The van der Waals surface area contributed by atoms with Gasteiger partial charge < -0.3 is 20.4 Å². The summed E-state index contributed by atoms with van der Waals surface area (Å²) in [5.74, 6) is 0.329. The maximum Gasteiger partial charge on any atom is 0.122 e. The summed E-state index contributed by atoms with van der Waals surface area (Å²) in [6.45, 7) is 6.64. The van der Waals surface area contributed by atoms with E-state index >= 15 is 0 Å². The van der Waals surface area contributed by atoms with Crippen molar-refractivity contribution < 1.29 is 10.2 Å². The van der Waals surface area contributed by atoms with Gasteiger partial charge in [0, 0.05) is 36.4 Å². The van der Waals surface area contributed by atoms with Gasteiger partial charge in [-0.15, -0.1) is 0 Å². The van der Waals surface area contributed by atoms with Gasteiger partial charge in [0.05, 0.1) is 6.10 Å². The predicted octanol–water partition coefficient (Wildman–Crippen LogP) is 2.02. The molecule has 0 spiro atoms. The molecule has 1 saturated heterocycles. The van der Waals surface area contributed by atoms with Crippen LogP contribution >= 0.6 is 0 Å². The Morgan fingerprint density at radius 3 is 2.84 bits per heavy atom. The van der Waals surface area contributed by atoms with Gasteiger partial charge in [-0.2, -0.15) is 0 Å². The second kappa shape index (κ2) is 6.26. The van der Waals surface area contributed by atoms with Gasteiger partial charge in [-0.3, -0.25) is 0 Å². The summed E-state index contributed by atoms with van der Waals surface area (Å²) in [4.78, 5) is 2.11. The topological polar surface area (TPSA) is 55.7 Å². The Labute approximate surface area is 115 Å². The Morgan fingerprint density at radius 2 is 2.26 bits per heavy atom. The number of aromatic hydroxyl groups is 1. The van der Waals surface area contributed by atoms with Crippen LogP contribution in [0.5, 0.6) is 5.75 Å². The molecule has 2 atom stereocenters. The Kier molecular flexibility index (Phi) is 4.66. The number of phenolic OH excluding ortho intramolecular Hbond substituents is 1. The first kappa shape index (κ1) is 14.2. The lowest BCUT2D eigenvalue weighted by Gasteiger charge is -2.21. The third-order valence-corrected chi connectivity index (χ3v) is 3.71. The molecule has 0 radical (unpaired) electrons. The summed E-state index contributed by atoms with van der Waals surface area (Å²) in [7, 11) is 0. The van der Waals surface area contributed by atoms with E-state index in [0.29, 0.717) is 12.3 Å². The number of hydrogen-bond acceptors (Lipinski definition) is 4. The fraction of sp³-hybridized carbons (Fsp3) is 0.600. The van der Waals surface area contributed by atoms with Gasteiger partial charge in [0.15, 0.2) is 0 Å². The van der Waals surface area contributed by atoms with Gasteiger partial charge in [0.1, 0.15) is 5.75 Å². The number of phenols is 1. The highest BCUT2D eigenvalue weighted by atomic mass is 16.3. The largest absolute Gasteiger partial charge is 0.508 e. The molecule has 4 heteroatoms. The lowest BCUT2D eigenvalue weighted by atomic mass is 10.1. The molecule has 4 nitrogen and oxygen atoms in total. The van der Waals surface area contributed by atoms with Crippen molar-refractivity contribution in [3.8, 4) is 5.75 Å². The number of rotatable bonds is 5. The summed E-state index contributed by atoms with van der Waals surface area (Å²) in [5.41, 5.74) is 1.91. The van der Waals surface area contributed by atoms with Crippen LogP contribution in [-0.4, -0.2) is 36.0 Å². The van der Waals surface area contributed by atoms with Crippen LogP contribution in [0, 0.1) is 0 Å². The highest BCUT2D eigenvalue weighted by molar-refractivity contribution is 5.54. The average Bonchev–Trinajstić information content (AvgIpc) is 2.82. The highest BCUT2D eigenvalue weighted by Gasteiger charge is 2.21. The quantitative estimate of drug-likeness (QED) is 0.761. The molecule has 1 aromatic rings. The van der Waals surface area contributed by atoms with Crippen molar-refractivity contribution in [1.82, 2.24) is 5.32 Å². The molecule has 1 aliphatic rings. The molecule has 0 saturated carbocycles. The summed E-state index contributed by atoms with van der Waals surface area (Å²) < 4.78 is 0. The number of anilines is 1. The minimum absolute atomic E-state index is 0.151. The maximum atomic E-state index is 10.2. The van der Waals surface area contributed by atoms with Crippen molar-refractivity contribution in [2.24, 2.45) is 0 Å². The maximum absolute atomic E-state index is 10.2. The minimum atomic E-state index is -0.244. The predicted molar refractivity (Wildman–Crippen MR) is 77.7 cm³/mol. The Bertz CT molecular complexity index is 423. The summed E-state index contributed by atoms with van der Waals surface area (Å²) >= 11 is 0. The Hall–Kier alpha value is -1.26. The second-order valence-electron chi connectivity index (χ2n) is 5.31. The fourth-order valence-corrected chi connectivity index (χ4v) is 2.54. The van der Waals surface area contributed by atoms with E-state index in [1.807, 2.05) is 12.1 Å². The first-order valence-electron chi connectivity index (χ1n) is 7.11. The molecule has 19 heavy (non-hydrogen) atoms. The number of aliphatic hydroxyl groups is 1. The van der Waals surface area contributed by atoms with Gasteiger partial charge in [-0.1, -0.05) is 13.0 Å². The van der Waals surface area contributed by atoms with Crippen molar-refractivity contribution >= 4 is 5.69 Å². The number of aliphatic hydroxyl groups excluding tert-OH is 1. The van der Waals surface area contributed by atoms with Gasteiger partial charge in [0.25, 0.3) is 0 Å². The van der Waals surface area contributed by atoms with Crippen LogP contribution in [0.4, 0.5) is 5.69 Å². The first-order chi connectivity index (χ1) is 9.11. The van der Waals surface area contributed by atoms with Crippen molar-refractivity contribution in [2.45, 2.75) is 38.8 Å². The van der Waals surface area contributed by atoms with E-state index in [-0.39, 0.29) is 12.1 Å². The van der Waals surface area contributed by atoms with E-state index in [0.717, 1.165) is 37.2 Å². The lowest BCUT2D eigenvalue weighted by Crippen LogP contribution is -2.22. The summed E-state index contributed by atoms with van der Waals surface area (Å²) in [6.07, 6.45) is 1.64. The van der Waals surface area contributed by atoms with E-state index in [2.05, 4.69) is 24.1 Å². The van der Waals surface area contributed by atoms with Crippen LogP contribution < -0.4 is 10.2 Å². The van der Waals surface area contributed by atoms with Crippen LogP contribution in [0.15, 0.2) is 18.2 Å². The molecular weight excluding hydrogens is 240 g/mol. The molecule has 0 aromatic heterocycles. The van der Waals surface area contributed by atoms with Crippen molar-refractivity contribution in [1.29, 1.82) is 0 Å². The first-order valence-corrected chi connectivity index (χ1v) is 7.11. The third kappa shape index (κ3) is 3.39. The Balaban J connectivity index is 2.08. The molecular formula is C15H24N2O2. The minimum Gasteiger partial charge on any atom is -0.508 e. The zero-order chi connectivity index (χ0) is 13.8. The molecule has 1 aliphatic heterocycles. The van der Waals surface area contributed by atoms with Crippen LogP contribution in [0.1, 0.15) is 38.3 Å². The van der Waals surface area contributed by atoms with E-state index in [1.165, 1.54) is 0 Å². The normalized spacial score (nSPS) is 20.8. The molecule has 2 unspecified atom stereocenters. The zero-order valence-electron chi connectivity index (χ0n) is 11.8. The SMILES string of the molecule is CCCNC(C)c1ccc(N2CCC(O)C2)cc1O. The molecule has 1 fully saturated rings. The van der Waals surface area contributed by atoms with Gasteiger partial charge in [0.2, 0.25) is 0 Å². The molecule has 0 amide bonds. The van der Waals surface area contributed by atoms with Crippen molar-refractivity contribution in [2.75, 3.05) is 24.5 Å². The summed E-state index contributed by atoms with van der Waals surface area (Å²) in [5, 5.41) is 23.1. The average molecular weight is 264 g/mol. The third-order valence-electron chi connectivity index (χ3n) is 3.71. The molecule has 1 heterocycles. The fourth-order valence-electron chi connectivity index (χ4n) is 2.54. The Morgan fingerprint density at radius 1 is 1.47 bits per heavy atom. The lowest BCUT2D eigenvalue weighted by molar-refractivity contribution is 0.198. The van der Waals surface area contributed by atoms with E-state index in [4.69, 9.17) is 0 Å². The van der Waals surface area contributed by atoms with Crippen LogP contribution in [-0.2, 0) is 0 Å². The van der Waals surface area contributed by atoms with Crippen LogP contribution in [0.3, 0.4) is 0 Å². The van der Waals surface area contributed by atoms with Gasteiger partial charge in [-0.05, 0) is 32.4 Å². The van der Waals surface area contributed by atoms with Crippen molar-refractivity contribution in [3.05, 3.63) is 23.8 Å². The van der Waals surface area contributed by atoms with Gasteiger partial charge in [-0.25, -0.2) is 0 Å². The molecule has 0 aliphatic carbocycles. The standard InChI is InChI=1S/C15H24N2O2/c1-3-7-16-11(2)14-5-4-12(9-15(14)19)17-8-6-13(18)10-17/h4-5,9,11,13,16,18-19H,3,6-8,10H2,1-2H3. The monoisotopic (exact) mass is 264 g/mol. The molecule has 106 valence electrons. The molecule has 1 aromatic carbocycles. The number of hydrogen-bond donors (Lipinski definition) is 3. The zero-order valence-corrected chi connectivity index (χ0v) is 11.8. The summed E-state index contributed by atoms with van der Waals surface area (Å²) in [6, 6.07) is 5.95. The smallest absolute Gasteiger partial charge is 0.122 e. The molecule has 2 rings (SSSR count). The number of benzene rings is 1. The van der Waals surface area contributed by atoms with Gasteiger partial charge >= 0.3 is 0 Å². The van der Waals surface area contributed by atoms with E-state index in [9.17, 15) is 10.2 Å².